The van der Waals surface area contributed by atoms with Crippen molar-refractivity contribution in [3.05, 3.63) is 23.2 Å². The average Bonchev–Trinajstić information content (AvgIpc) is 2.08. The fraction of sp³-hybridized carbons (Fsp3) is 0.222. The van der Waals surface area contributed by atoms with Gasteiger partial charge in [0.2, 0.25) is 0 Å². The highest BCUT2D eigenvalue weighted by Crippen LogP contribution is 2.27. The van der Waals surface area contributed by atoms with Crippen LogP contribution < -0.4 is 4.90 Å². The number of phenolic OH excluding ortho intramolecular Hbond substituents is 1. The second-order valence-electron chi connectivity index (χ2n) is 2.89. The summed E-state index contributed by atoms with van der Waals surface area (Å²) in [6, 6.07) is 4.54. The van der Waals surface area contributed by atoms with Crippen molar-refractivity contribution < 1.29 is 15.0 Å². The van der Waals surface area contributed by atoms with Gasteiger partial charge in [-0.05, 0) is 18.2 Å². The van der Waals surface area contributed by atoms with Crippen molar-refractivity contribution >= 4 is 23.3 Å². The maximum absolute atomic E-state index is 10.4. The Morgan fingerprint density at radius 3 is 2.71 bits per heavy atom. The number of phenols is 1. The molecule has 0 aromatic heterocycles. The van der Waals surface area contributed by atoms with Crippen LogP contribution >= 0.6 is 11.6 Å². The zero-order valence-corrected chi connectivity index (χ0v) is 8.32. The van der Waals surface area contributed by atoms with Gasteiger partial charge in [-0.3, -0.25) is 4.79 Å². The molecule has 4 nitrogen and oxygen atoms in total. The van der Waals surface area contributed by atoms with E-state index < -0.39 is 5.97 Å². The van der Waals surface area contributed by atoms with Gasteiger partial charge in [0.15, 0.2) is 0 Å². The molecule has 0 aliphatic heterocycles. The highest BCUT2D eigenvalue weighted by atomic mass is 35.5. The third-order valence-electron chi connectivity index (χ3n) is 1.74. The minimum absolute atomic E-state index is 0.0147. The van der Waals surface area contributed by atoms with E-state index in [2.05, 4.69) is 0 Å². The van der Waals surface area contributed by atoms with Crippen molar-refractivity contribution in [2.45, 2.75) is 0 Å². The van der Waals surface area contributed by atoms with Crippen LogP contribution in [-0.2, 0) is 4.79 Å². The summed E-state index contributed by atoms with van der Waals surface area (Å²) in [5, 5.41) is 17.9. The zero-order valence-electron chi connectivity index (χ0n) is 7.57. The molecule has 0 bridgehead atoms. The van der Waals surface area contributed by atoms with Crippen molar-refractivity contribution in [1.29, 1.82) is 0 Å². The number of carboxylic acid groups (broad SMARTS) is 1. The predicted octanol–water partition coefficient (Wildman–Crippen LogP) is 1.57. The summed E-state index contributed by atoms with van der Waals surface area (Å²) in [7, 11) is 1.64. The van der Waals surface area contributed by atoms with Crippen molar-refractivity contribution in [2.24, 2.45) is 0 Å². The molecule has 1 aromatic rings. The molecule has 0 saturated heterocycles. The number of hydrogen-bond acceptors (Lipinski definition) is 3. The highest BCUT2D eigenvalue weighted by molar-refractivity contribution is 6.32. The Balaban J connectivity index is 2.85. The van der Waals surface area contributed by atoms with E-state index in [1.54, 1.807) is 13.1 Å². The monoisotopic (exact) mass is 215 g/mol. The normalized spacial score (nSPS) is 9.86. The number of benzene rings is 1. The number of anilines is 1. The van der Waals surface area contributed by atoms with E-state index in [0.29, 0.717) is 5.69 Å². The SMILES string of the molecule is CN(CC(=O)O)c1ccc(O)c(Cl)c1. The lowest BCUT2D eigenvalue weighted by Crippen LogP contribution is -2.24. The Bertz CT molecular complexity index is 354. The minimum Gasteiger partial charge on any atom is -0.506 e. The summed E-state index contributed by atoms with van der Waals surface area (Å²) < 4.78 is 0. The summed E-state index contributed by atoms with van der Waals surface area (Å²) in [6.45, 7) is -0.110. The van der Waals surface area contributed by atoms with Crippen LogP contribution in [0.5, 0.6) is 5.75 Å². The number of halogens is 1. The lowest BCUT2D eigenvalue weighted by atomic mass is 10.3. The zero-order chi connectivity index (χ0) is 10.7. The fourth-order valence-corrected chi connectivity index (χ4v) is 1.20. The van der Waals surface area contributed by atoms with E-state index in [1.165, 1.54) is 17.0 Å². The summed E-state index contributed by atoms with van der Waals surface area (Å²) in [6.07, 6.45) is 0. The molecule has 76 valence electrons. The lowest BCUT2D eigenvalue weighted by Gasteiger charge is -2.16. The van der Waals surface area contributed by atoms with Crippen LogP contribution in [-0.4, -0.2) is 29.8 Å². The van der Waals surface area contributed by atoms with Crippen LogP contribution in [0.3, 0.4) is 0 Å². The molecule has 1 aromatic carbocycles. The molecule has 0 fully saturated rings. The first-order valence-electron chi connectivity index (χ1n) is 3.92. The van der Waals surface area contributed by atoms with Gasteiger partial charge in [-0.1, -0.05) is 11.6 Å². The fourth-order valence-electron chi connectivity index (χ4n) is 1.03. The number of rotatable bonds is 3. The Morgan fingerprint density at radius 1 is 1.57 bits per heavy atom. The molecule has 0 saturated carbocycles. The molecule has 14 heavy (non-hydrogen) atoms. The van der Waals surface area contributed by atoms with Gasteiger partial charge in [-0.15, -0.1) is 0 Å². The molecule has 0 radical (unpaired) electrons. The van der Waals surface area contributed by atoms with Crippen LogP contribution in [0.2, 0.25) is 5.02 Å². The maximum Gasteiger partial charge on any atom is 0.323 e. The second kappa shape index (κ2) is 4.19. The number of aromatic hydroxyl groups is 1. The molecule has 2 N–H and O–H groups in total. The van der Waals surface area contributed by atoms with Crippen LogP contribution in [0.25, 0.3) is 0 Å². The third kappa shape index (κ3) is 2.53. The Kier molecular flexibility index (Phi) is 3.19. The van der Waals surface area contributed by atoms with Gasteiger partial charge in [0.05, 0.1) is 5.02 Å². The van der Waals surface area contributed by atoms with E-state index in [4.69, 9.17) is 21.8 Å². The van der Waals surface area contributed by atoms with Gasteiger partial charge < -0.3 is 15.1 Å². The number of carbonyl (C=O) groups is 1. The highest BCUT2D eigenvalue weighted by Gasteiger charge is 2.07. The van der Waals surface area contributed by atoms with Gasteiger partial charge in [-0.2, -0.15) is 0 Å². The summed E-state index contributed by atoms with van der Waals surface area (Å²) >= 11 is 5.67. The number of hydrogen-bond donors (Lipinski definition) is 2. The van der Waals surface area contributed by atoms with Gasteiger partial charge in [0, 0.05) is 12.7 Å². The smallest absolute Gasteiger partial charge is 0.323 e. The first-order chi connectivity index (χ1) is 6.50. The summed E-state index contributed by atoms with van der Waals surface area (Å²) in [5.74, 6) is -0.934. The standard InChI is InChI=1S/C9H10ClNO3/c1-11(5-9(13)14)6-2-3-8(12)7(10)4-6/h2-4,12H,5H2,1H3,(H,13,14). The Labute approximate surface area is 86.3 Å². The van der Waals surface area contributed by atoms with E-state index in [9.17, 15) is 4.79 Å². The Morgan fingerprint density at radius 2 is 2.21 bits per heavy atom. The van der Waals surface area contributed by atoms with Crippen LogP contribution in [0.15, 0.2) is 18.2 Å². The molecular formula is C9H10ClNO3. The molecule has 0 heterocycles. The largest absolute Gasteiger partial charge is 0.506 e. The van der Waals surface area contributed by atoms with Gasteiger partial charge in [0.25, 0.3) is 0 Å². The van der Waals surface area contributed by atoms with E-state index in [1.807, 2.05) is 0 Å². The van der Waals surface area contributed by atoms with Gasteiger partial charge in [0.1, 0.15) is 12.3 Å². The quantitative estimate of drug-likeness (QED) is 0.804. The number of carboxylic acids is 1. The predicted molar refractivity (Wildman–Crippen MR) is 54.0 cm³/mol. The van der Waals surface area contributed by atoms with Crippen molar-refractivity contribution in [1.82, 2.24) is 0 Å². The molecule has 0 aliphatic rings. The summed E-state index contributed by atoms with van der Waals surface area (Å²) in [5.41, 5.74) is 0.648. The Hall–Kier alpha value is -1.42. The molecule has 5 heteroatoms. The van der Waals surface area contributed by atoms with Gasteiger partial charge in [-0.25, -0.2) is 0 Å². The first-order valence-corrected chi connectivity index (χ1v) is 4.30. The van der Waals surface area contributed by atoms with Crippen molar-refractivity contribution in [2.75, 3.05) is 18.5 Å². The maximum atomic E-state index is 10.4. The summed E-state index contributed by atoms with van der Waals surface area (Å²) in [4.78, 5) is 11.9. The van der Waals surface area contributed by atoms with Crippen molar-refractivity contribution in [3.63, 3.8) is 0 Å². The third-order valence-corrected chi connectivity index (χ3v) is 2.05. The molecule has 0 amide bonds. The molecule has 0 spiro atoms. The van der Waals surface area contributed by atoms with E-state index >= 15 is 0 Å². The number of nitrogens with zero attached hydrogens (tertiary/aromatic N) is 1. The molecule has 1 rings (SSSR count). The van der Waals surface area contributed by atoms with Gasteiger partial charge >= 0.3 is 5.97 Å². The second-order valence-corrected chi connectivity index (χ2v) is 3.29. The van der Waals surface area contributed by atoms with Crippen LogP contribution in [0.1, 0.15) is 0 Å². The molecule has 0 atom stereocenters. The molecular weight excluding hydrogens is 206 g/mol. The number of aliphatic carboxylic acids is 1. The van der Waals surface area contributed by atoms with E-state index in [-0.39, 0.29) is 17.3 Å². The van der Waals surface area contributed by atoms with Crippen molar-refractivity contribution in [3.8, 4) is 5.75 Å². The average molecular weight is 216 g/mol. The topological polar surface area (TPSA) is 60.8 Å². The molecule has 0 aliphatic carbocycles. The minimum atomic E-state index is -0.920. The molecule has 0 unspecified atom stereocenters. The van der Waals surface area contributed by atoms with E-state index in [0.717, 1.165) is 0 Å². The lowest BCUT2D eigenvalue weighted by molar-refractivity contribution is -0.135. The van der Waals surface area contributed by atoms with Crippen LogP contribution in [0, 0.1) is 0 Å². The van der Waals surface area contributed by atoms with Crippen LogP contribution in [0.4, 0.5) is 5.69 Å². The first kappa shape index (κ1) is 10.7. The number of likely N-dealkylation sites (N-methyl/N-ethyl adjacent to an activating group) is 1.